The van der Waals surface area contributed by atoms with Crippen molar-refractivity contribution in [3.8, 4) is 0 Å². The average Bonchev–Trinajstić information content (AvgIpc) is 2.34. The first-order valence-corrected chi connectivity index (χ1v) is 5.81. The summed E-state index contributed by atoms with van der Waals surface area (Å²) in [4.78, 5) is 22.3. The van der Waals surface area contributed by atoms with Crippen LogP contribution in [0.1, 0.15) is 19.4 Å². The molecule has 0 aliphatic rings. The molecule has 0 fully saturated rings. The third-order valence-corrected chi connectivity index (χ3v) is 2.61. The number of nitrogens with one attached hydrogen (secondary N) is 2. The largest absolute Gasteiger partial charge is 0.481 e. The molecule has 6 heteroatoms. The van der Waals surface area contributed by atoms with Gasteiger partial charge in [0, 0.05) is 13.1 Å². The number of rotatable bonds is 5. The van der Waals surface area contributed by atoms with Crippen molar-refractivity contribution in [1.82, 2.24) is 10.6 Å². The number of carbonyl (C=O) groups is 2. The maximum absolute atomic E-state index is 12.9. The second-order valence-electron chi connectivity index (χ2n) is 4.86. The molecular weight excluding hydrogens is 251 g/mol. The molecule has 2 amide bonds. The van der Waals surface area contributed by atoms with E-state index in [1.165, 1.54) is 26.0 Å². The molecule has 0 saturated heterocycles. The Kier molecular flexibility index (Phi) is 4.86. The highest BCUT2D eigenvalue weighted by molar-refractivity contribution is 5.77. The lowest BCUT2D eigenvalue weighted by Crippen LogP contribution is -2.43. The molecule has 5 nitrogen and oxygen atoms in total. The maximum Gasteiger partial charge on any atom is 0.315 e. The second-order valence-corrected chi connectivity index (χ2v) is 4.86. The zero-order chi connectivity index (χ0) is 14.5. The van der Waals surface area contributed by atoms with Crippen molar-refractivity contribution < 1.29 is 19.1 Å². The Morgan fingerprint density at radius 1 is 1.32 bits per heavy atom. The Labute approximate surface area is 110 Å². The minimum atomic E-state index is -1.03. The lowest BCUT2D eigenvalue weighted by molar-refractivity contribution is -0.146. The summed E-state index contributed by atoms with van der Waals surface area (Å²) in [6.45, 7) is 3.22. The summed E-state index contributed by atoms with van der Waals surface area (Å²) in [6, 6.07) is 5.39. The molecule has 0 saturated carbocycles. The van der Waals surface area contributed by atoms with Gasteiger partial charge in [-0.25, -0.2) is 9.18 Å². The van der Waals surface area contributed by atoms with Crippen molar-refractivity contribution in [3.05, 3.63) is 35.6 Å². The Morgan fingerprint density at radius 2 is 2.00 bits per heavy atom. The van der Waals surface area contributed by atoms with Crippen molar-refractivity contribution in [3.63, 3.8) is 0 Å². The number of halogens is 1. The first kappa shape index (κ1) is 14.9. The molecule has 0 atom stereocenters. The van der Waals surface area contributed by atoms with E-state index in [0.29, 0.717) is 5.56 Å². The number of hydrogen-bond donors (Lipinski definition) is 3. The van der Waals surface area contributed by atoms with Gasteiger partial charge in [0.05, 0.1) is 5.41 Å². The molecule has 3 N–H and O–H groups in total. The topological polar surface area (TPSA) is 78.4 Å². The molecule has 0 heterocycles. The van der Waals surface area contributed by atoms with Crippen LogP contribution in [-0.4, -0.2) is 23.7 Å². The number of carbonyl (C=O) groups excluding carboxylic acids is 1. The number of aliphatic carboxylic acids is 1. The normalized spacial score (nSPS) is 10.9. The van der Waals surface area contributed by atoms with E-state index in [1.807, 2.05) is 0 Å². The predicted molar refractivity (Wildman–Crippen MR) is 68.1 cm³/mol. The standard InChI is InChI=1S/C13H17FN2O3/c1-13(2,11(17)18)8-16-12(19)15-7-9-4-3-5-10(14)6-9/h3-6H,7-8H2,1-2H3,(H,17,18)(H2,15,16,19). The van der Waals surface area contributed by atoms with Crippen LogP contribution in [-0.2, 0) is 11.3 Å². The fourth-order valence-electron chi connectivity index (χ4n) is 1.27. The molecule has 0 spiro atoms. The number of carboxylic acid groups (broad SMARTS) is 1. The van der Waals surface area contributed by atoms with E-state index < -0.39 is 17.4 Å². The lowest BCUT2D eigenvalue weighted by Gasteiger charge is -2.19. The van der Waals surface area contributed by atoms with Gasteiger partial charge in [-0.15, -0.1) is 0 Å². The van der Waals surface area contributed by atoms with Gasteiger partial charge in [0.25, 0.3) is 0 Å². The molecule has 104 valence electrons. The summed E-state index contributed by atoms with van der Waals surface area (Å²) in [6.07, 6.45) is 0. The van der Waals surface area contributed by atoms with Crippen LogP contribution in [0.2, 0.25) is 0 Å². The Hall–Kier alpha value is -2.11. The van der Waals surface area contributed by atoms with Crippen LogP contribution in [0.3, 0.4) is 0 Å². The molecule has 1 aromatic carbocycles. The smallest absolute Gasteiger partial charge is 0.315 e. The van der Waals surface area contributed by atoms with E-state index in [4.69, 9.17) is 5.11 Å². The maximum atomic E-state index is 12.9. The van der Waals surface area contributed by atoms with Gasteiger partial charge in [0.2, 0.25) is 0 Å². The highest BCUT2D eigenvalue weighted by Crippen LogP contribution is 2.12. The molecule has 0 aliphatic heterocycles. The van der Waals surface area contributed by atoms with E-state index in [2.05, 4.69) is 10.6 Å². The molecule has 1 aromatic rings. The summed E-state index contributed by atoms with van der Waals surface area (Å²) in [7, 11) is 0. The van der Waals surface area contributed by atoms with Crippen molar-refractivity contribution in [2.24, 2.45) is 5.41 Å². The molecule has 0 aromatic heterocycles. The fraction of sp³-hybridized carbons (Fsp3) is 0.385. The van der Waals surface area contributed by atoms with E-state index >= 15 is 0 Å². The molecule has 0 unspecified atom stereocenters. The number of benzene rings is 1. The number of hydrogen-bond acceptors (Lipinski definition) is 2. The Balaban J connectivity index is 2.39. The van der Waals surface area contributed by atoms with Gasteiger partial charge in [-0.3, -0.25) is 4.79 Å². The third-order valence-electron chi connectivity index (χ3n) is 2.61. The fourth-order valence-corrected chi connectivity index (χ4v) is 1.27. The zero-order valence-corrected chi connectivity index (χ0v) is 10.9. The van der Waals surface area contributed by atoms with Gasteiger partial charge in [-0.05, 0) is 31.5 Å². The summed E-state index contributed by atoms with van der Waals surface area (Å²) in [5.74, 6) is -1.36. The second kappa shape index (κ2) is 6.17. The van der Waals surface area contributed by atoms with Crippen LogP contribution in [0.5, 0.6) is 0 Å². The zero-order valence-electron chi connectivity index (χ0n) is 10.9. The van der Waals surface area contributed by atoms with Gasteiger partial charge in [-0.2, -0.15) is 0 Å². The van der Waals surface area contributed by atoms with Crippen LogP contribution in [0.15, 0.2) is 24.3 Å². The monoisotopic (exact) mass is 268 g/mol. The van der Waals surface area contributed by atoms with Gasteiger partial charge >= 0.3 is 12.0 Å². The predicted octanol–water partition coefficient (Wildman–Crippen LogP) is 1.74. The summed E-state index contributed by atoms with van der Waals surface area (Å²) in [5, 5.41) is 13.9. The molecule has 0 radical (unpaired) electrons. The van der Waals surface area contributed by atoms with E-state index in [9.17, 15) is 14.0 Å². The summed E-state index contributed by atoms with van der Waals surface area (Å²) >= 11 is 0. The van der Waals surface area contributed by atoms with Crippen molar-refractivity contribution in [2.45, 2.75) is 20.4 Å². The molecule has 19 heavy (non-hydrogen) atoms. The number of amides is 2. The Morgan fingerprint density at radius 3 is 2.58 bits per heavy atom. The number of urea groups is 1. The minimum Gasteiger partial charge on any atom is -0.481 e. The third kappa shape index (κ3) is 4.95. The van der Waals surface area contributed by atoms with Gasteiger partial charge in [-0.1, -0.05) is 12.1 Å². The van der Waals surface area contributed by atoms with Gasteiger partial charge in [0.15, 0.2) is 0 Å². The lowest BCUT2D eigenvalue weighted by atomic mass is 9.94. The van der Waals surface area contributed by atoms with Crippen LogP contribution >= 0.6 is 0 Å². The quantitative estimate of drug-likeness (QED) is 0.761. The van der Waals surface area contributed by atoms with Gasteiger partial charge < -0.3 is 15.7 Å². The van der Waals surface area contributed by atoms with E-state index in [-0.39, 0.29) is 18.9 Å². The Bertz CT molecular complexity index is 475. The SMILES string of the molecule is CC(C)(CNC(=O)NCc1cccc(F)c1)C(=O)O. The molecule has 1 rings (SSSR count). The van der Waals surface area contributed by atoms with Crippen LogP contribution < -0.4 is 10.6 Å². The van der Waals surface area contributed by atoms with Crippen molar-refractivity contribution in [2.75, 3.05) is 6.54 Å². The molecule has 0 bridgehead atoms. The summed E-state index contributed by atoms with van der Waals surface area (Å²) in [5.41, 5.74) is -0.399. The van der Waals surface area contributed by atoms with Crippen LogP contribution in [0.4, 0.5) is 9.18 Å². The summed E-state index contributed by atoms with van der Waals surface area (Å²) < 4.78 is 12.9. The molecular formula is C13H17FN2O3. The average molecular weight is 268 g/mol. The minimum absolute atomic E-state index is 0.0112. The van der Waals surface area contributed by atoms with Crippen molar-refractivity contribution >= 4 is 12.0 Å². The first-order chi connectivity index (χ1) is 8.81. The van der Waals surface area contributed by atoms with Crippen LogP contribution in [0.25, 0.3) is 0 Å². The van der Waals surface area contributed by atoms with E-state index in [0.717, 1.165) is 0 Å². The van der Waals surface area contributed by atoms with Crippen LogP contribution in [0, 0.1) is 11.2 Å². The number of carboxylic acids is 1. The van der Waals surface area contributed by atoms with Gasteiger partial charge in [0.1, 0.15) is 5.82 Å². The van der Waals surface area contributed by atoms with E-state index in [1.54, 1.807) is 12.1 Å². The highest BCUT2D eigenvalue weighted by Gasteiger charge is 2.27. The molecule has 0 aliphatic carbocycles. The highest BCUT2D eigenvalue weighted by atomic mass is 19.1. The van der Waals surface area contributed by atoms with Crippen molar-refractivity contribution in [1.29, 1.82) is 0 Å². The first-order valence-electron chi connectivity index (χ1n) is 5.81.